The van der Waals surface area contributed by atoms with Gasteiger partial charge in [-0.1, -0.05) is 19.8 Å². The summed E-state index contributed by atoms with van der Waals surface area (Å²) in [5.74, 6) is -0.867. The molecule has 2 N–H and O–H groups in total. The first-order valence-corrected chi connectivity index (χ1v) is 5.84. The third kappa shape index (κ3) is 7.17. The summed E-state index contributed by atoms with van der Waals surface area (Å²) < 4.78 is 0. The number of nitrogens with one attached hydrogen (secondary N) is 1. The van der Waals surface area contributed by atoms with E-state index in [0.29, 0.717) is 18.9 Å². The molecule has 0 saturated heterocycles. The second-order valence-corrected chi connectivity index (χ2v) is 4.54. The van der Waals surface area contributed by atoms with Gasteiger partial charge in [-0.25, -0.2) is 0 Å². The Labute approximate surface area is 117 Å². The molecule has 0 spiro atoms. The van der Waals surface area contributed by atoms with E-state index in [1.807, 2.05) is 6.92 Å². The van der Waals surface area contributed by atoms with Gasteiger partial charge >= 0.3 is 5.97 Å². The molecule has 0 aromatic rings. The van der Waals surface area contributed by atoms with Crippen molar-refractivity contribution in [1.82, 2.24) is 5.32 Å². The standard InChI is InChI=1S/C11H20BNO2.2ClH/c1-2-3-6-11(12,10(14)15)7-8-13-9-4-5-9;;/h9,13H,2-8H2,1H3,(H,14,15);2*1H. The Bertz CT molecular complexity index is 228. The minimum atomic E-state index is -1.03. The zero-order chi connectivity index (χ0) is 11.3. The number of carboxylic acids is 1. The predicted molar refractivity (Wildman–Crippen MR) is 75.7 cm³/mol. The average molecular weight is 282 g/mol. The molecule has 1 rings (SSSR count). The Hall–Kier alpha value is 0.0749. The van der Waals surface area contributed by atoms with Gasteiger partial charge in [-0.15, -0.1) is 24.8 Å². The van der Waals surface area contributed by atoms with Crippen LogP contribution < -0.4 is 5.32 Å². The molecule has 6 heteroatoms. The highest BCUT2D eigenvalue weighted by Gasteiger charge is 2.31. The molecule has 0 amide bonds. The van der Waals surface area contributed by atoms with Crippen LogP contribution in [-0.2, 0) is 4.79 Å². The maximum Gasteiger partial charge on any atom is 0.300 e. The maximum absolute atomic E-state index is 11.1. The summed E-state index contributed by atoms with van der Waals surface area (Å²) in [6.07, 6.45) is 5.41. The molecule has 0 aromatic carbocycles. The van der Waals surface area contributed by atoms with E-state index in [4.69, 9.17) is 13.0 Å². The fourth-order valence-corrected chi connectivity index (χ4v) is 1.62. The van der Waals surface area contributed by atoms with Gasteiger partial charge in [0, 0.05) is 11.4 Å². The lowest BCUT2D eigenvalue weighted by Crippen LogP contribution is -2.29. The Kier molecular flexibility index (Phi) is 10.4. The van der Waals surface area contributed by atoms with Crippen LogP contribution >= 0.6 is 24.8 Å². The summed E-state index contributed by atoms with van der Waals surface area (Å²) >= 11 is 0. The van der Waals surface area contributed by atoms with Crippen LogP contribution in [0.3, 0.4) is 0 Å². The van der Waals surface area contributed by atoms with Crippen LogP contribution in [0.4, 0.5) is 0 Å². The Balaban J connectivity index is 0. The molecule has 0 heterocycles. The topological polar surface area (TPSA) is 49.3 Å². The third-order valence-corrected chi connectivity index (χ3v) is 2.98. The van der Waals surface area contributed by atoms with Gasteiger partial charge in [0.1, 0.15) is 0 Å². The van der Waals surface area contributed by atoms with E-state index in [1.165, 1.54) is 12.8 Å². The molecule has 1 fully saturated rings. The lowest BCUT2D eigenvalue weighted by atomic mass is 9.63. The van der Waals surface area contributed by atoms with Crippen molar-refractivity contribution in [3.8, 4) is 0 Å². The van der Waals surface area contributed by atoms with E-state index in [0.717, 1.165) is 19.4 Å². The number of halogens is 2. The Morgan fingerprint density at radius 2 is 2.00 bits per heavy atom. The monoisotopic (exact) mass is 281 g/mol. The summed E-state index contributed by atoms with van der Waals surface area (Å²) in [6.45, 7) is 2.77. The molecule has 17 heavy (non-hydrogen) atoms. The second kappa shape index (κ2) is 9.06. The van der Waals surface area contributed by atoms with E-state index in [9.17, 15) is 4.79 Å². The van der Waals surface area contributed by atoms with Gasteiger partial charge < -0.3 is 10.4 Å². The van der Waals surface area contributed by atoms with Crippen LogP contribution in [0.15, 0.2) is 0 Å². The van der Waals surface area contributed by atoms with Gasteiger partial charge in [-0.05, 0) is 32.2 Å². The van der Waals surface area contributed by atoms with E-state index in [1.54, 1.807) is 0 Å². The van der Waals surface area contributed by atoms with Crippen LogP contribution in [-0.4, -0.2) is 31.5 Å². The van der Waals surface area contributed by atoms with E-state index >= 15 is 0 Å². The highest BCUT2D eigenvalue weighted by Crippen LogP contribution is 2.33. The van der Waals surface area contributed by atoms with E-state index < -0.39 is 11.3 Å². The van der Waals surface area contributed by atoms with Gasteiger partial charge in [0.2, 0.25) is 0 Å². The molecule has 0 aliphatic heterocycles. The molecular weight excluding hydrogens is 260 g/mol. The summed E-state index contributed by atoms with van der Waals surface area (Å²) in [5.41, 5.74) is 0. The van der Waals surface area contributed by atoms with Crippen LogP contribution in [0.2, 0.25) is 5.31 Å². The van der Waals surface area contributed by atoms with Crippen molar-refractivity contribution in [2.24, 2.45) is 0 Å². The molecule has 100 valence electrons. The molecule has 0 aromatic heterocycles. The summed E-state index contributed by atoms with van der Waals surface area (Å²) in [7, 11) is 5.89. The molecule has 1 atom stereocenters. The van der Waals surface area contributed by atoms with Gasteiger partial charge in [0.15, 0.2) is 0 Å². The molecule has 1 aliphatic carbocycles. The summed E-state index contributed by atoms with van der Waals surface area (Å²) in [5, 5.41) is 11.4. The van der Waals surface area contributed by atoms with Crippen molar-refractivity contribution in [1.29, 1.82) is 0 Å². The maximum atomic E-state index is 11.1. The molecule has 1 unspecified atom stereocenters. The SMILES string of the molecule is Cl.Cl.[B]C(CCCC)(CCNC1CC1)C(=O)O. The summed E-state index contributed by atoms with van der Waals surface area (Å²) in [4.78, 5) is 11.1. The minimum absolute atomic E-state index is 0. The third-order valence-electron chi connectivity index (χ3n) is 2.98. The Morgan fingerprint density at radius 3 is 2.41 bits per heavy atom. The lowest BCUT2D eigenvalue weighted by Gasteiger charge is -2.25. The van der Waals surface area contributed by atoms with Gasteiger partial charge in [0.05, 0.1) is 7.85 Å². The normalized spacial score (nSPS) is 17.5. The van der Waals surface area contributed by atoms with Crippen molar-refractivity contribution in [3.63, 3.8) is 0 Å². The van der Waals surface area contributed by atoms with Crippen LogP contribution in [0, 0.1) is 0 Å². The number of rotatable bonds is 8. The molecule has 1 aliphatic rings. The number of hydrogen-bond donors (Lipinski definition) is 2. The minimum Gasteiger partial charge on any atom is -0.481 e. The first kappa shape index (κ1) is 19.4. The van der Waals surface area contributed by atoms with Crippen LogP contribution in [0.5, 0.6) is 0 Å². The van der Waals surface area contributed by atoms with Crippen molar-refractivity contribution < 1.29 is 9.90 Å². The van der Waals surface area contributed by atoms with Gasteiger partial charge in [0.25, 0.3) is 0 Å². The Morgan fingerprint density at radius 1 is 1.41 bits per heavy atom. The van der Waals surface area contributed by atoms with Crippen molar-refractivity contribution in [2.75, 3.05) is 6.54 Å². The zero-order valence-electron chi connectivity index (χ0n) is 10.3. The fourth-order valence-electron chi connectivity index (χ4n) is 1.62. The molecule has 3 nitrogen and oxygen atoms in total. The molecule has 1 saturated carbocycles. The quantitative estimate of drug-likeness (QED) is 0.673. The van der Waals surface area contributed by atoms with Crippen molar-refractivity contribution in [3.05, 3.63) is 0 Å². The number of carboxylic acid groups (broad SMARTS) is 1. The van der Waals surface area contributed by atoms with Crippen LogP contribution in [0.25, 0.3) is 0 Å². The second-order valence-electron chi connectivity index (χ2n) is 4.54. The van der Waals surface area contributed by atoms with Gasteiger partial charge in [-0.2, -0.15) is 0 Å². The predicted octanol–water partition coefficient (Wildman–Crippen LogP) is 2.57. The lowest BCUT2D eigenvalue weighted by molar-refractivity contribution is -0.141. The summed E-state index contributed by atoms with van der Waals surface area (Å²) in [6, 6.07) is 0.620. The molecular formula is C11H22BCl2NO2. The highest BCUT2D eigenvalue weighted by atomic mass is 35.5. The smallest absolute Gasteiger partial charge is 0.300 e. The number of hydrogen-bond acceptors (Lipinski definition) is 2. The molecule has 0 bridgehead atoms. The van der Waals surface area contributed by atoms with E-state index in [-0.39, 0.29) is 24.8 Å². The number of unbranched alkanes of at least 4 members (excludes halogenated alkanes) is 1. The van der Waals surface area contributed by atoms with Crippen molar-refractivity contribution in [2.45, 2.75) is 56.8 Å². The number of carbonyl (C=O) groups is 1. The van der Waals surface area contributed by atoms with Crippen molar-refractivity contribution >= 4 is 38.6 Å². The average Bonchev–Trinajstić information content (AvgIpc) is 2.98. The first-order valence-electron chi connectivity index (χ1n) is 5.84. The van der Waals surface area contributed by atoms with Crippen LogP contribution in [0.1, 0.15) is 45.4 Å². The number of aliphatic carboxylic acids is 1. The largest absolute Gasteiger partial charge is 0.481 e. The van der Waals surface area contributed by atoms with E-state index in [2.05, 4.69) is 5.32 Å². The van der Waals surface area contributed by atoms with Gasteiger partial charge in [-0.3, -0.25) is 4.79 Å². The first-order chi connectivity index (χ1) is 7.08. The molecule has 2 radical (unpaired) electrons. The fraction of sp³-hybridized carbons (Fsp3) is 0.909. The zero-order valence-corrected chi connectivity index (χ0v) is 11.9. The highest BCUT2D eigenvalue weighted by molar-refractivity contribution is 6.26.